The van der Waals surface area contributed by atoms with E-state index in [1.807, 2.05) is 27.6 Å². The zero-order valence-electron chi connectivity index (χ0n) is 8.71. The maximum atomic E-state index is 10.1. The lowest BCUT2D eigenvalue weighted by molar-refractivity contribution is 0.181. The first-order valence-corrected chi connectivity index (χ1v) is 7.20. The Hall–Kier alpha value is -0.880. The van der Waals surface area contributed by atoms with E-state index in [2.05, 4.69) is 4.98 Å². The summed E-state index contributed by atoms with van der Waals surface area (Å²) in [5, 5.41) is 14.6. The van der Waals surface area contributed by atoms with Crippen LogP contribution in [0.1, 0.15) is 16.7 Å². The first-order chi connectivity index (χ1) is 8.24. The Bertz CT molecular complexity index is 614. The number of thiazole rings is 1. The molecule has 0 aliphatic carbocycles. The highest BCUT2D eigenvalue weighted by atomic mass is 35.5. The van der Waals surface area contributed by atoms with Crippen molar-refractivity contribution in [3.8, 4) is 0 Å². The van der Waals surface area contributed by atoms with Gasteiger partial charge in [-0.15, -0.1) is 22.7 Å². The number of hydrogen-bond acceptors (Lipinski definition) is 4. The van der Waals surface area contributed by atoms with E-state index in [0.717, 1.165) is 15.5 Å². The van der Waals surface area contributed by atoms with Gasteiger partial charge in [-0.05, 0) is 11.4 Å². The summed E-state index contributed by atoms with van der Waals surface area (Å²) in [6.07, 6.45) is 3.82. The second-order valence-corrected chi connectivity index (χ2v) is 5.91. The normalized spacial score (nSPS) is 13.3. The summed E-state index contributed by atoms with van der Waals surface area (Å²) in [5.41, 5.74) is 0.883. The van der Waals surface area contributed by atoms with Crippen LogP contribution in [0.4, 0.5) is 0 Å². The van der Waals surface area contributed by atoms with E-state index in [4.69, 9.17) is 11.6 Å². The lowest BCUT2D eigenvalue weighted by Crippen LogP contribution is -2.00. The molecule has 3 rings (SSSR count). The fraction of sp³-hybridized carbons (Fsp3) is 0.182. The molecular weight excluding hydrogens is 276 g/mol. The molecule has 0 saturated heterocycles. The zero-order chi connectivity index (χ0) is 11.8. The number of nitrogens with zero attached hydrogens (tertiary/aromatic N) is 2. The minimum Gasteiger partial charge on any atom is -0.387 e. The van der Waals surface area contributed by atoms with Gasteiger partial charge >= 0.3 is 0 Å². The predicted octanol–water partition coefficient (Wildman–Crippen LogP) is 3.39. The van der Waals surface area contributed by atoms with Gasteiger partial charge < -0.3 is 5.11 Å². The van der Waals surface area contributed by atoms with Crippen LogP contribution in [0.25, 0.3) is 4.96 Å². The van der Waals surface area contributed by atoms with Crippen molar-refractivity contribution in [2.45, 2.75) is 12.5 Å². The number of rotatable bonds is 3. The van der Waals surface area contributed by atoms with Gasteiger partial charge in [0.05, 0.1) is 21.7 Å². The van der Waals surface area contributed by atoms with Crippen molar-refractivity contribution >= 4 is 39.2 Å². The molecule has 88 valence electrons. The molecule has 6 heteroatoms. The number of fused-ring (bicyclic) bond motifs is 1. The van der Waals surface area contributed by atoms with Crippen LogP contribution in [0.5, 0.6) is 0 Å². The maximum absolute atomic E-state index is 10.1. The van der Waals surface area contributed by atoms with E-state index < -0.39 is 6.10 Å². The van der Waals surface area contributed by atoms with Gasteiger partial charge in [0.25, 0.3) is 0 Å². The van der Waals surface area contributed by atoms with E-state index >= 15 is 0 Å². The molecule has 0 saturated carbocycles. The molecule has 0 bridgehead atoms. The van der Waals surface area contributed by atoms with Crippen LogP contribution in [0.3, 0.4) is 0 Å². The maximum Gasteiger partial charge on any atom is 0.193 e. The molecule has 3 aromatic heterocycles. The minimum atomic E-state index is -0.577. The van der Waals surface area contributed by atoms with Crippen LogP contribution in [-0.4, -0.2) is 14.5 Å². The van der Waals surface area contributed by atoms with E-state index in [9.17, 15) is 5.11 Å². The lowest BCUT2D eigenvalue weighted by Gasteiger charge is -2.06. The Morgan fingerprint density at radius 2 is 2.29 bits per heavy atom. The molecule has 0 aromatic carbocycles. The van der Waals surface area contributed by atoms with E-state index in [1.54, 1.807) is 17.4 Å². The molecule has 3 nitrogen and oxygen atoms in total. The second kappa shape index (κ2) is 4.42. The lowest BCUT2D eigenvalue weighted by atomic mass is 10.2. The number of thiophene rings is 1. The highest BCUT2D eigenvalue weighted by Crippen LogP contribution is 2.30. The van der Waals surface area contributed by atoms with Crippen molar-refractivity contribution in [2.24, 2.45) is 0 Å². The molecule has 3 heterocycles. The molecule has 0 spiro atoms. The molecule has 17 heavy (non-hydrogen) atoms. The average Bonchev–Trinajstić information content (AvgIpc) is 2.92. The molecule has 0 aliphatic heterocycles. The molecule has 1 N–H and O–H groups in total. The molecule has 0 amide bonds. The Morgan fingerprint density at radius 1 is 1.41 bits per heavy atom. The Morgan fingerprint density at radius 3 is 3.00 bits per heavy atom. The Kier molecular flexibility index (Phi) is 2.92. The minimum absolute atomic E-state index is 0.495. The standard InChI is InChI=1S/C11H9ClN2OS2/c12-8-1-3-16-10(8)9(15)5-7-6-14-2-4-17-11(14)13-7/h1-4,6,9,15H,5H2. The largest absolute Gasteiger partial charge is 0.387 e. The van der Waals surface area contributed by atoms with Crippen molar-refractivity contribution in [1.82, 2.24) is 9.38 Å². The molecular formula is C11H9ClN2OS2. The fourth-order valence-corrected chi connectivity index (χ4v) is 3.60. The van der Waals surface area contributed by atoms with Gasteiger partial charge in [-0.25, -0.2) is 4.98 Å². The van der Waals surface area contributed by atoms with Crippen LogP contribution in [0.15, 0.2) is 29.2 Å². The van der Waals surface area contributed by atoms with Gasteiger partial charge in [-0.3, -0.25) is 4.40 Å². The van der Waals surface area contributed by atoms with Crippen LogP contribution < -0.4 is 0 Å². The topological polar surface area (TPSA) is 37.5 Å². The number of aliphatic hydroxyl groups excluding tert-OH is 1. The third-order valence-corrected chi connectivity index (χ3v) is 4.72. The molecule has 1 unspecified atom stereocenters. The van der Waals surface area contributed by atoms with Crippen LogP contribution in [0.2, 0.25) is 5.02 Å². The number of halogens is 1. The van der Waals surface area contributed by atoms with E-state index in [0.29, 0.717) is 11.4 Å². The Balaban J connectivity index is 1.83. The molecule has 0 aliphatic rings. The molecule has 0 radical (unpaired) electrons. The first kappa shape index (κ1) is 11.2. The van der Waals surface area contributed by atoms with Gasteiger partial charge in [0, 0.05) is 24.2 Å². The SMILES string of the molecule is OC(Cc1cn2ccsc2n1)c1sccc1Cl. The fourth-order valence-electron chi connectivity index (χ4n) is 1.71. The van der Waals surface area contributed by atoms with Crippen molar-refractivity contribution in [2.75, 3.05) is 0 Å². The summed E-state index contributed by atoms with van der Waals surface area (Å²) >= 11 is 9.04. The van der Waals surface area contributed by atoms with E-state index in [-0.39, 0.29) is 0 Å². The highest BCUT2D eigenvalue weighted by molar-refractivity contribution is 7.15. The number of aliphatic hydroxyl groups is 1. The van der Waals surface area contributed by atoms with Gasteiger partial charge in [0.1, 0.15) is 0 Å². The number of imidazole rings is 1. The van der Waals surface area contributed by atoms with Crippen molar-refractivity contribution < 1.29 is 5.11 Å². The average molecular weight is 285 g/mol. The summed E-state index contributed by atoms with van der Waals surface area (Å²) in [6, 6.07) is 1.80. The predicted molar refractivity (Wildman–Crippen MR) is 71.1 cm³/mol. The smallest absolute Gasteiger partial charge is 0.193 e. The van der Waals surface area contributed by atoms with Crippen molar-refractivity contribution in [1.29, 1.82) is 0 Å². The first-order valence-electron chi connectivity index (χ1n) is 5.06. The third-order valence-electron chi connectivity index (χ3n) is 2.49. The molecule has 3 aromatic rings. The van der Waals surface area contributed by atoms with Crippen LogP contribution in [0, 0.1) is 0 Å². The number of hydrogen-bond donors (Lipinski definition) is 1. The number of aromatic nitrogens is 2. The quantitative estimate of drug-likeness (QED) is 0.800. The van der Waals surface area contributed by atoms with Gasteiger partial charge in [-0.1, -0.05) is 11.6 Å². The summed E-state index contributed by atoms with van der Waals surface area (Å²) in [6.45, 7) is 0. The van der Waals surface area contributed by atoms with Gasteiger partial charge in [0.15, 0.2) is 4.96 Å². The Labute approximate surface area is 111 Å². The molecule has 0 fully saturated rings. The summed E-state index contributed by atoms with van der Waals surface area (Å²) in [4.78, 5) is 6.19. The van der Waals surface area contributed by atoms with Gasteiger partial charge in [-0.2, -0.15) is 0 Å². The van der Waals surface area contributed by atoms with Crippen LogP contribution in [-0.2, 0) is 6.42 Å². The zero-order valence-corrected chi connectivity index (χ0v) is 11.1. The molecule has 1 atom stereocenters. The summed E-state index contributed by atoms with van der Waals surface area (Å²) in [5.74, 6) is 0. The second-order valence-electron chi connectivity index (χ2n) is 3.68. The summed E-state index contributed by atoms with van der Waals surface area (Å²) in [7, 11) is 0. The monoisotopic (exact) mass is 284 g/mol. The summed E-state index contributed by atoms with van der Waals surface area (Å²) < 4.78 is 1.96. The van der Waals surface area contributed by atoms with Crippen LogP contribution >= 0.6 is 34.3 Å². The van der Waals surface area contributed by atoms with Crippen molar-refractivity contribution in [3.05, 3.63) is 44.8 Å². The highest BCUT2D eigenvalue weighted by Gasteiger charge is 2.15. The van der Waals surface area contributed by atoms with E-state index in [1.165, 1.54) is 11.3 Å². The van der Waals surface area contributed by atoms with Gasteiger partial charge in [0.2, 0.25) is 0 Å². The van der Waals surface area contributed by atoms with Crippen molar-refractivity contribution in [3.63, 3.8) is 0 Å². The third kappa shape index (κ3) is 2.11.